The molecule has 3 aromatic rings. The van der Waals surface area contributed by atoms with E-state index in [9.17, 15) is 4.79 Å². The number of hydrogen-bond acceptors (Lipinski definition) is 3. The summed E-state index contributed by atoms with van der Waals surface area (Å²) in [6, 6.07) is 15.3. The Morgan fingerprint density at radius 1 is 1.08 bits per heavy atom. The van der Waals surface area contributed by atoms with E-state index in [1.54, 1.807) is 12.4 Å². The molecule has 0 saturated carbocycles. The summed E-state index contributed by atoms with van der Waals surface area (Å²) in [6.45, 7) is 4.59. The van der Waals surface area contributed by atoms with Crippen LogP contribution in [0, 0.1) is 5.92 Å². The smallest absolute Gasteiger partial charge is 0.315 e. The number of rotatable bonds is 6. The lowest BCUT2D eigenvalue weighted by Gasteiger charge is -2.22. The number of benzene rings is 1. The zero-order valence-corrected chi connectivity index (χ0v) is 14.9. The van der Waals surface area contributed by atoms with Crippen LogP contribution in [0.25, 0.3) is 11.3 Å². The Kier molecular flexibility index (Phi) is 5.63. The van der Waals surface area contributed by atoms with Gasteiger partial charge in [-0.2, -0.15) is 5.10 Å². The van der Waals surface area contributed by atoms with Crippen molar-refractivity contribution in [3.63, 3.8) is 0 Å². The van der Waals surface area contributed by atoms with Gasteiger partial charge in [0, 0.05) is 18.9 Å². The Balaban J connectivity index is 1.56. The van der Waals surface area contributed by atoms with E-state index in [1.807, 2.05) is 48.5 Å². The topological polar surface area (TPSA) is 82.7 Å². The second-order valence-corrected chi connectivity index (χ2v) is 6.47. The van der Waals surface area contributed by atoms with Crippen LogP contribution in [0.2, 0.25) is 0 Å². The second-order valence-electron chi connectivity index (χ2n) is 6.47. The quantitative estimate of drug-likeness (QED) is 0.635. The minimum Gasteiger partial charge on any atom is -0.334 e. The third-order valence-corrected chi connectivity index (χ3v) is 4.18. The van der Waals surface area contributed by atoms with Crippen LogP contribution >= 0.6 is 0 Å². The van der Waals surface area contributed by atoms with Gasteiger partial charge < -0.3 is 10.6 Å². The van der Waals surface area contributed by atoms with Crippen molar-refractivity contribution in [3.8, 4) is 11.3 Å². The lowest BCUT2D eigenvalue weighted by molar-refractivity contribution is 0.232. The number of nitrogens with one attached hydrogen (secondary N) is 3. The number of aromatic amines is 1. The van der Waals surface area contributed by atoms with Crippen molar-refractivity contribution in [2.24, 2.45) is 5.92 Å². The summed E-state index contributed by atoms with van der Waals surface area (Å²) in [5.74, 6) is 0.240. The molecule has 6 nitrogen and oxygen atoms in total. The molecule has 6 heteroatoms. The van der Waals surface area contributed by atoms with Gasteiger partial charge in [0.1, 0.15) is 0 Å². The first-order valence-corrected chi connectivity index (χ1v) is 8.67. The van der Waals surface area contributed by atoms with Gasteiger partial charge in [-0.15, -0.1) is 0 Å². The largest absolute Gasteiger partial charge is 0.334 e. The molecule has 0 aliphatic rings. The van der Waals surface area contributed by atoms with Crippen LogP contribution in [0.1, 0.15) is 31.1 Å². The number of urea groups is 1. The molecule has 0 radical (unpaired) electrons. The lowest BCUT2D eigenvalue weighted by atomic mass is 10.0. The Labute approximate surface area is 153 Å². The highest BCUT2D eigenvalue weighted by Gasteiger charge is 2.19. The Morgan fingerprint density at radius 2 is 1.88 bits per heavy atom. The van der Waals surface area contributed by atoms with Crippen LogP contribution < -0.4 is 10.6 Å². The highest BCUT2D eigenvalue weighted by atomic mass is 16.2. The van der Waals surface area contributed by atoms with Gasteiger partial charge in [0.05, 0.1) is 17.4 Å². The van der Waals surface area contributed by atoms with Crippen molar-refractivity contribution in [1.29, 1.82) is 0 Å². The molecule has 2 heterocycles. The molecular formula is C20H23N5O. The van der Waals surface area contributed by atoms with Gasteiger partial charge in [-0.3, -0.25) is 10.1 Å². The molecule has 3 N–H and O–H groups in total. The van der Waals surface area contributed by atoms with E-state index < -0.39 is 0 Å². The maximum absolute atomic E-state index is 12.3. The summed E-state index contributed by atoms with van der Waals surface area (Å²) in [7, 11) is 0. The van der Waals surface area contributed by atoms with Crippen molar-refractivity contribution in [3.05, 3.63) is 72.2 Å². The van der Waals surface area contributed by atoms with Crippen LogP contribution in [-0.2, 0) is 6.54 Å². The molecule has 0 bridgehead atoms. The highest BCUT2D eigenvalue weighted by Crippen LogP contribution is 2.19. The van der Waals surface area contributed by atoms with Crippen LogP contribution in [0.3, 0.4) is 0 Å². The van der Waals surface area contributed by atoms with Gasteiger partial charge >= 0.3 is 6.03 Å². The first-order valence-electron chi connectivity index (χ1n) is 8.67. The molecule has 0 fully saturated rings. The van der Waals surface area contributed by atoms with Gasteiger partial charge in [0.2, 0.25) is 0 Å². The first-order chi connectivity index (χ1) is 12.6. The molecule has 3 rings (SSSR count). The van der Waals surface area contributed by atoms with E-state index >= 15 is 0 Å². The third kappa shape index (κ3) is 4.47. The predicted octanol–water partition coefficient (Wildman–Crippen LogP) is 3.67. The molecular weight excluding hydrogens is 326 g/mol. The van der Waals surface area contributed by atoms with Crippen molar-refractivity contribution < 1.29 is 4.79 Å². The standard InChI is InChI=1S/C20H23N5O/c1-14(2)19(18-5-3-4-11-21-18)24-20(26)22-13-15-6-8-16(9-7-15)17-10-12-23-25-17/h3-12,14,19H,13H2,1-2H3,(H,23,25)(H2,22,24,26)/t19-/m0/s1. The van der Waals surface area contributed by atoms with E-state index in [0.29, 0.717) is 6.54 Å². The molecule has 0 aliphatic carbocycles. The number of carbonyl (C=O) groups excluding carboxylic acids is 1. The average molecular weight is 349 g/mol. The summed E-state index contributed by atoms with van der Waals surface area (Å²) in [6.07, 6.45) is 3.47. The van der Waals surface area contributed by atoms with Crippen molar-refractivity contribution in [2.75, 3.05) is 0 Å². The molecule has 2 aromatic heterocycles. The Bertz CT molecular complexity index is 813. The monoisotopic (exact) mass is 349 g/mol. The number of pyridine rings is 1. The van der Waals surface area contributed by atoms with E-state index in [0.717, 1.165) is 22.5 Å². The van der Waals surface area contributed by atoms with Gasteiger partial charge in [0.25, 0.3) is 0 Å². The summed E-state index contributed by atoms with van der Waals surface area (Å²) in [5, 5.41) is 12.8. The van der Waals surface area contributed by atoms with E-state index in [4.69, 9.17) is 0 Å². The third-order valence-electron chi connectivity index (χ3n) is 4.18. The zero-order chi connectivity index (χ0) is 18.4. The van der Waals surface area contributed by atoms with Crippen molar-refractivity contribution in [2.45, 2.75) is 26.4 Å². The van der Waals surface area contributed by atoms with E-state index in [2.05, 4.69) is 39.7 Å². The average Bonchev–Trinajstić information content (AvgIpc) is 3.20. The SMILES string of the molecule is CC(C)[C@H](NC(=O)NCc1ccc(-c2ccn[nH]2)cc1)c1ccccn1. The molecule has 0 saturated heterocycles. The molecule has 134 valence electrons. The maximum atomic E-state index is 12.3. The Morgan fingerprint density at radius 3 is 2.50 bits per heavy atom. The number of nitrogens with zero attached hydrogens (tertiary/aromatic N) is 2. The zero-order valence-electron chi connectivity index (χ0n) is 14.9. The van der Waals surface area contributed by atoms with Crippen molar-refractivity contribution in [1.82, 2.24) is 25.8 Å². The van der Waals surface area contributed by atoms with Crippen LogP contribution in [-0.4, -0.2) is 21.2 Å². The number of aromatic nitrogens is 3. The van der Waals surface area contributed by atoms with Crippen LogP contribution in [0.15, 0.2) is 60.9 Å². The molecule has 26 heavy (non-hydrogen) atoms. The minimum atomic E-state index is -0.202. The van der Waals surface area contributed by atoms with Crippen LogP contribution in [0.4, 0.5) is 4.79 Å². The molecule has 0 unspecified atom stereocenters. The molecule has 0 aliphatic heterocycles. The minimum absolute atomic E-state index is 0.126. The van der Waals surface area contributed by atoms with Gasteiger partial charge in [-0.05, 0) is 35.2 Å². The highest BCUT2D eigenvalue weighted by molar-refractivity contribution is 5.74. The van der Waals surface area contributed by atoms with Gasteiger partial charge in [0.15, 0.2) is 0 Å². The van der Waals surface area contributed by atoms with E-state index in [-0.39, 0.29) is 18.0 Å². The number of H-pyrrole nitrogens is 1. The normalized spacial score (nSPS) is 12.0. The van der Waals surface area contributed by atoms with Crippen LogP contribution in [0.5, 0.6) is 0 Å². The predicted molar refractivity (Wildman–Crippen MR) is 101 cm³/mol. The molecule has 1 atom stereocenters. The Hall–Kier alpha value is -3.15. The van der Waals surface area contributed by atoms with Crippen molar-refractivity contribution >= 4 is 6.03 Å². The first kappa shape index (κ1) is 17.7. The number of carbonyl (C=O) groups is 1. The van der Waals surface area contributed by atoms with Gasteiger partial charge in [-0.25, -0.2) is 4.79 Å². The molecule has 2 amide bonds. The fraction of sp³-hybridized carbons (Fsp3) is 0.250. The number of amides is 2. The fourth-order valence-electron chi connectivity index (χ4n) is 2.74. The molecule has 1 aromatic carbocycles. The lowest BCUT2D eigenvalue weighted by Crippen LogP contribution is -2.39. The summed E-state index contributed by atoms with van der Waals surface area (Å²) >= 11 is 0. The summed E-state index contributed by atoms with van der Waals surface area (Å²) in [4.78, 5) is 16.7. The summed E-state index contributed by atoms with van der Waals surface area (Å²) < 4.78 is 0. The maximum Gasteiger partial charge on any atom is 0.315 e. The number of hydrogen-bond donors (Lipinski definition) is 3. The second kappa shape index (κ2) is 8.29. The van der Waals surface area contributed by atoms with E-state index in [1.165, 1.54) is 0 Å². The summed E-state index contributed by atoms with van der Waals surface area (Å²) in [5.41, 5.74) is 3.92. The molecule has 0 spiro atoms. The van der Waals surface area contributed by atoms with Gasteiger partial charge in [-0.1, -0.05) is 44.2 Å². The fourth-order valence-corrected chi connectivity index (χ4v) is 2.74.